The van der Waals surface area contributed by atoms with Crippen LogP contribution in [0, 0.1) is 0 Å². The Kier molecular flexibility index (Phi) is 5.62. The number of aromatic nitrogens is 3. The average Bonchev–Trinajstić information content (AvgIpc) is 3.45. The number of rotatable bonds is 7. The predicted molar refractivity (Wildman–Crippen MR) is 121 cm³/mol. The van der Waals surface area contributed by atoms with Crippen LogP contribution >= 0.6 is 0 Å². The Hall–Kier alpha value is -3.80. The number of hydrogen-bond acceptors (Lipinski definition) is 5. The van der Waals surface area contributed by atoms with Gasteiger partial charge in [0.25, 0.3) is 0 Å². The Balaban J connectivity index is 1.52. The van der Waals surface area contributed by atoms with Crippen molar-refractivity contribution in [1.29, 1.82) is 0 Å². The van der Waals surface area contributed by atoms with E-state index in [2.05, 4.69) is 27.8 Å². The number of methoxy groups -OCH3 is 1. The third-order valence-corrected chi connectivity index (χ3v) is 5.27. The van der Waals surface area contributed by atoms with Crippen LogP contribution in [0.3, 0.4) is 0 Å². The van der Waals surface area contributed by atoms with Gasteiger partial charge in [-0.2, -0.15) is 0 Å². The van der Waals surface area contributed by atoms with Crippen LogP contribution in [0.5, 0.6) is 5.75 Å². The van der Waals surface area contributed by atoms with E-state index in [4.69, 9.17) is 4.74 Å². The first kappa shape index (κ1) is 20.5. The van der Waals surface area contributed by atoms with Gasteiger partial charge < -0.3 is 15.2 Å². The third-order valence-electron chi connectivity index (χ3n) is 5.27. The van der Waals surface area contributed by atoms with Crippen molar-refractivity contribution in [3.05, 3.63) is 107 Å². The summed E-state index contributed by atoms with van der Waals surface area (Å²) in [7, 11) is 1.64. The highest BCUT2D eigenvalue weighted by Crippen LogP contribution is 2.32. The zero-order chi connectivity index (χ0) is 21.8. The Morgan fingerprint density at radius 2 is 1.84 bits per heavy atom. The van der Waals surface area contributed by atoms with E-state index in [9.17, 15) is 5.11 Å². The van der Waals surface area contributed by atoms with E-state index < -0.39 is 5.54 Å². The molecule has 0 amide bonds. The normalized spacial score (nSPS) is 15.0. The molecule has 1 aliphatic carbocycles. The summed E-state index contributed by atoms with van der Waals surface area (Å²) in [6, 6.07) is 17.9. The van der Waals surface area contributed by atoms with Crippen molar-refractivity contribution in [3.63, 3.8) is 0 Å². The van der Waals surface area contributed by atoms with E-state index >= 15 is 0 Å². The molecule has 158 valence electrons. The fourth-order valence-corrected chi connectivity index (χ4v) is 3.51. The zero-order valence-corrected chi connectivity index (χ0v) is 17.9. The molecule has 0 radical (unpaired) electrons. The van der Waals surface area contributed by atoms with E-state index in [1.165, 1.54) is 0 Å². The molecule has 31 heavy (non-hydrogen) atoms. The first-order valence-electron chi connectivity index (χ1n) is 10.2. The molecular weight excluding hydrogens is 388 g/mol. The Labute approximate surface area is 182 Å². The van der Waals surface area contributed by atoms with Gasteiger partial charge in [0.05, 0.1) is 25.4 Å². The molecule has 0 aliphatic heterocycles. The smallest absolute Gasteiger partial charge is 0.193 e. The van der Waals surface area contributed by atoms with Gasteiger partial charge in [0, 0.05) is 5.57 Å². The van der Waals surface area contributed by atoms with Crippen LogP contribution in [-0.2, 0) is 12.1 Å². The van der Waals surface area contributed by atoms with Gasteiger partial charge in [-0.15, -0.1) is 5.10 Å². The molecule has 0 saturated heterocycles. The minimum absolute atomic E-state index is 0.0958. The molecule has 0 spiro atoms. The van der Waals surface area contributed by atoms with Gasteiger partial charge in [0.1, 0.15) is 11.4 Å². The van der Waals surface area contributed by atoms with Crippen LogP contribution < -0.4 is 10.1 Å². The van der Waals surface area contributed by atoms with Gasteiger partial charge in [0.2, 0.25) is 0 Å². The maximum Gasteiger partial charge on any atom is 0.193 e. The number of nitrogens with zero attached hydrogens (tertiary/aromatic N) is 3. The second kappa shape index (κ2) is 8.52. The topological polar surface area (TPSA) is 72.2 Å². The molecule has 4 rings (SSSR count). The summed E-state index contributed by atoms with van der Waals surface area (Å²) < 4.78 is 7.04. The molecule has 1 aliphatic rings. The lowest BCUT2D eigenvalue weighted by Crippen LogP contribution is -2.36. The molecule has 6 nitrogen and oxygen atoms in total. The number of allylic oxidation sites excluding steroid dienone is 5. The van der Waals surface area contributed by atoms with Gasteiger partial charge in [-0.05, 0) is 48.8 Å². The van der Waals surface area contributed by atoms with Gasteiger partial charge in [-0.3, -0.25) is 0 Å². The molecule has 0 fully saturated rings. The van der Waals surface area contributed by atoms with Crippen molar-refractivity contribution >= 4 is 5.57 Å². The van der Waals surface area contributed by atoms with Gasteiger partial charge in [-0.25, -0.2) is 4.68 Å². The average molecular weight is 415 g/mol. The van der Waals surface area contributed by atoms with Gasteiger partial charge in [-0.1, -0.05) is 59.8 Å². The Morgan fingerprint density at radius 3 is 2.55 bits per heavy atom. The van der Waals surface area contributed by atoms with Crippen molar-refractivity contribution in [3.8, 4) is 5.75 Å². The maximum atomic E-state index is 10.9. The molecule has 0 atom stereocenters. The van der Waals surface area contributed by atoms with E-state index in [-0.39, 0.29) is 5.88 Å². The lowest BCUT2D eigenvalue weighted by atomic mass is 9.98. The van der Waals surface area contributed by atoms with Gasteiger partial charge >= 0.3 is 0 Å². The summed E-state index contributed by atoms with van der Waals surface area (Å²) in [6.45, 7) is 4.58. The van der Waals surface area contributed by atoms with Crippen LogP contribution in [0.1, 0.15) is 30.7 Å². The van der Waals surface area contributed by atoms with Crippen molar-refractivity contribution in [1.82, 2.24) is 20.3 Å². The van der Waals surface area contributed by atoms with Gasteiger partial charge in [0.15, 0.2) is 5.88 Å². The van der Waals surface area contributed by atoms with Crippen LogP contribution in [-0.4, -0.2) is 27.2 Å². The zero-order valence-electron chi connectivity index (χ0n) is 17.9. The summed E-state index contributed by atoms with van der Waals surface area (Å²) in [5, 5.41) is 22.7. The fourth-order valence-electron chi connectivity index (χ4n) is 3.51. The van der Waals surface area contributed by atoms with E-state index in [0.29, 0.717) is 6.54 Å². The number of nitrogens with one attached hydrogen (secondary N) is 1. The Bertz CT molecular complexity index is 1140. The van der Waals surface area contributed by atoms with Crippen molar-refractivity contribution in [2.75, 3.05) is 7.11 Å². The molecule has 0 bridgehead atoms. The van der Waals surface area contributed by atoms with E-state index in [1.807, 2.05) is 80.7 Å². The summed E-state index contributed by atoms with van der Waals surface area (Å²) in [5.41, 5.74) is 3.95. The molecule has 0 saturated carbocycles. The van der Waals surface area contributed by atoms with Crippen LogP contribution in [0.4, 0.5) is 0 Å². The Morgan fingerprint density at radius 1 is 1.10 bits per heavy atom. The molecule has 6 heteroatoms. The monoisotopic (exact) mass is 414 g/mol. The molecule has 1 aromatic heterocycles. The van der Waals surface area contributed by atoms with E-state index in [0.717, 1.165) is 33.7 Å². The highest BCUT2D eigenvalue weighted by Gasteiger charge is 2.27. The third kappa shape index (κ3) is 4.53. The molecular formula is C25H26N4O2. The molecule has 1 heterocycles. The quantitative estimate of drug-likeness (QED) is 0.554. The summed E-state index contributed by atoms with van der Waals surface area (Å²) >= 11 is 0. The number of ether oxygens (including phenoxy) is 1. The highest BCUT2D eigenvalue weighted by atomic mass is 16.5. The first-order valence-corrected chi connectivity index (χ1v) is 10.2. The molecule has 0 unspecified atom stereocenters. The number of benzene rings is 2. The summed E-state index contributed by atoms with van der Waals surface area (Å²) in [5.74, 6) is 0.890. The predicted octanol–water partition coefficient (Wildman–Crippen LogP) is 4.58. The molecule has 2 N–H and O–H groups in total. The molecule has 3 aromatic rings. The lowest BCUT2D eigenvalue weighted by Gasteiger charge is -2.25. The highest BCUT2D eigenvalue weighted by molar-refractivity contribution is 5.86. The number of hydrogen-bond donors (Lipinski definition) is 2. The van der Waals surface area contributed by atoms with Crippen molar-refractivity contribution in [2.24, 2.45) is 0 Å². The minimum Gasteiger partial charge on any atom is -0.497 e. The summed E-state index contributed by atoms with van der Waals surface area (Å²) in [6.07, 6.45) is 7.71. The SMILES string of the molecule is COc1ccc(C2=CC=C/C2=C(\O)NC(C)(C)c2cn(Cc3ccccc3)nn2)cc1. The van der Waals surface area contributed by atoms with Crippen molar-refractivity contribution in [2.45, 2.75) is 25.9 Å². The standard InChI is InChI=1S/C25H26N4O2/c1-25(2,23-17-29(28-27-23)16-18-8-5-4-6-9-18)26-24(30)22-11-7-10-21(22)19-12-14-20(31-3)15-13-19/h4-15,17,26,30H,16H2,1-3H3/b24-22+. The number of aliphatic hydroxyl groups excluding tert-OH is 1. The maximum absolute atomic E-state index is 10.9. The summed E-state index contributed by atoms with van der Waals surface area (Å²) in [4.78, 5) is 0. The van der Waals surface area contributed by atoms with Crippen LogP contribution in [0.25, 0.3) is 5.57 Å². The van der Waals surface area contributed by atoms with Crippen LogP contribution in [0.15, 0.2) is 90.5 Å². The second-order valence-electron chi connectivity index (χ2n) is 7.97. The van der Waals surface area contributed by atoms with Crippen molar-refractivity contribution < 1.29 is 9.84 Å². The van der Waals surface area contributed by atoms with Crippen LogP contribution in [0.2, 0.25) is 0 Å². The fraction of sp³-hybridized carbons (Fsp3) is 0.200. The number of aliphatic hydroxyl groups is 1. The minimum atomic E-state index is -0.618. The largest absolute Gasteiger partial charge is 0.497 e. The first-order chi connectivity index (χ1) is 15.0. The second-order valence-corrected chi connectivity index (χ2v) is 7.97. The lowest BCUT2D eigenvalue weighted by molar-refractivity contribution is 0.293. The molecule has 2 aromatic carbocycles. The van der Waals surface area contributed by atoms with E-state index in [1.54, 1.807) is 11.8 Å².